The summed E-state index contributed by atoms with van der Waals surface area (Å²) in [4.78, 5) is 10.8. The normalized spacial score (nSPS) is 10.2. The van der Waals surface area contributed by atoms with E-state index >= 15 is 0 Å². The van der Waals surface area contributed by atoms with Gasteiger partial charge in [-0.15, -0.1) is 0 Å². The van der Waals surface area contributed by atoms with E-state index in [1.54, 1.807) is 12.1 Å². The van der Waals surface area contributed by atoms with E-state index in [0.29, 0.717) is 13.0 Å². The van der Waals surface area contributed by atoms with Crippen molar-refractivity contribution in [2.45, 2.75) is 32.6 Å². The number of aryl methyl sites for hydroxylation is 1. The summed E-state index contributed by atoms with van der Waals surface area (Å²) in [5, 5.41) is 0. The molecule has 3 N–H and O–H groups in total. The van der Waals surface area contributed by atoms with E-state index in [1.807, 2.05) is 6.92 Å². The number of hydrogen-bond acceptors (Lipinski definition) is 3. The van der Waals surface area contributed by atoms with Gasteiger partial charge in [-0.3, -0.25) is 10.2 Å². The van der Waals surface area contributed by atoms with E-state index in [1.165, 1.54) is 6.07 Å². The van der Waals surface area contributed by atoms with Crippen molar-refractivity contribution in [3.63, 3.8) is 0 Å². The summed E-state index contributed by atoms with van der Waals surface area (Å²) in [6.07, 6.45) is 2.80. The lowest BCUT2D eigenvalue weighted by Crippen LogP contribution is -2.29. The molecule has 0 saturated heterocycles. The first-order valence-electron chi connectivity index (χ1n) is 6.02. The Kier molecular flexibility index (Phi) is 6.14. The van der Waals surface area contributed by atoms with Crippen LogP contribution in [0.1, 0.15) is 31.2 Å². The fraction of sp³-hybridized carbons (Fsp3) is 0.462. The van der Waals surface area contributed by atoms with Crippen LogP contribution < -0.4 is 16.0 Å². The van der Waals surface area contributed by atoms with E-state index in [4.69, 9.17) is 10.6 Å². The molecule has 0 saturated carbocycles. The van der Waals surface area contributed by atoms with Crippen LogP contribution in [0.5, 0.6) is 5.75 Å². The number of hydrogen-bond donors (Lipinski definition) is 2. The molecule has 0 aromatic heterocycles. The van der Waals surface area contributed by atoms with Gasteiger partial charge in [-0.2, -0.15) is 0 Å². The molecule has 1 amide bonds. The number of benzene rings is 1. The van der Waals surface area contributed by atoms with Crippen molar-refractivity contribution >= 4 is 5.91 Å². The molecule has 0 heterocycles. The number of halogens is 1. The van der Waals surface area contributed by atoms with Gasteiger partial charge >= 0.3 is 0 Å². The molecule has 0 atom stereocenters. The van der Waals surface area contributed by atoms with Crippen molar-refractivity contribution in [2.24, 2.45) is 5.84 Å². The smallest absolute Gasteiger partial charge is 0.233 e. The van der Waals surface area contributed by atoms with Gasteiger partial charge in [0.05, 0.1) is 6.61 Å². The molecule has 1 aromatic carbocycles. The van der Waals surface area contributed by atoms with Gasteiger partial charge < -0.3 is 4.74 Å². The minimum Gasteiger partial charge on any atom is -0.491 e. The number of unbranched alkanes of at least 4 members (excludes halogenated alkanes) is 2. The molecule has 100 valence electrons. The van der Waals surface area contributed by atoms with E-state index in [2.05, 4.69) is 5.43 Å². The van der Waals surface area contributed by atoms with Crippen molar-refractivity contribution < 1.29 is 13.9 Å². The third-order valence-corrected chi connectivity index (χ3v) is 2.55. The molecule has 0 bridgehead atoms. The first-order valence-corrected chi connectivity index (χ1v) is 6.02. The molecule has 1 rings (SSSR count). The third kappa shape index (κ3) is 5.14. The molecule has 0 radical (unpaired) electrons. The van der Waals surface area contributed by atoms with E-state index in [9.17, 15) is 9.18 Å². The Morgan fingerprint density at radius 1 is 1.39 bits per heavy atom. The van der Waals surface area contributed by atoms with Crippen LogP contribution in [0.3, 0.4) is 0 Å². The lowest BCUT2D eigenvalue weighted by atomic mass is 10.2. The van der Waals surface area contributed by atoms with Crippen LogP contribution in [0, 0.1) is 12.7 Å². The van der Waals surface area contributed by atoms with Crippen LogP contribution in [0.4, 0.5) is 4.39 Å². The predicted molar refractivity (Wildman–Crippen MR) is 67.4 cm³/mol. The van der Waals surface area contributed by atoms with Gasteiger partial charge in [-0.05, 0) is 43.9 Å². The molecular formula is C13H19FN2O2. The van der Waals surface area contributed by atoms with Crippen molar-refractivity contribution in [3.05, 3.63) is 29.6 Å². The number of ether oxygens (including phenoxy) is 1. The molecule has 5 heteroatoms. The first-order chi connectivity index (χ1) is 8.63. The van der Waals surface area contributed by atoms with E-state index in [0.717, 1.165) is 24.8 Å². The topological polar surface area (TPSA) is 64.3 Å². The minimum absolute atomic E-state index is 0.166. The lowest BCUT2D eigenvalue weighted by Gasteiger charge is -2.07. The Balaban J connectivity index is 2.18. The molecule has 0 spiro atoms. The highest BCUT2D eigenvalue weighted by atomic mass is 19.1. The summed E-state index contributed by atoms with van der Waals surface area (Å²) in [7, 11) is 0. The van der Waals surface area contributed by atoms with Crippen molar-refractivity contribution in [3.8, 4) is 5.75 Å². The fourth-order valence-corrected chi connectivity index (χ4v) is 1.54. The van der Waals surface area contributed by atoms with Gasteiger partial charge in [0.15, 0.2) is 11.6 Å². The Hall–Kier alpha value is -1.62. The number of nitrogens with two attached hydrogens (primary N) is 1. The molecule has 1 aromatic rings. The number of amides is 1. The standard InChI is InChI=1S/C13H19FN2O2/c1-10-6-7-11(14)12(9-10)18-8-4-2-3-5-13(17)16-15/h6-7,9H,2-5,8,15H2,1H3,(H,16,17). The molecule has 0 fully saturated rings. The maximum absolute atomic E-state index is 13.3. The average molecular weight is 254 g/mol. The van der Waals surface area contributed by atoms with Crippen LogP contribution >= 0.6 is 0 Å². The summed E-state index contributed by atoms with van der Waals surface area (Å²) in [6, 6.07) is 4.78. The highest BCUT2D eigenvalue weighted by Gasteiger charge is 2.03. The molecule has 0 aliphatic heterocycles. The zero-order chi connectivity index (χ0) is 13.4. The highest BCUT2D eigenvalue weighted by molar-refractivity contribution is 5.74. The van der Waals surface area contributed by atoms with E-state index < -0.39 is 0 Å². The molecule has 4 nitrogen and oxygen atoms in total. The Labute approximate surface area is 106 Å². The second kappa shape index (κ2) is 7.66. The fourth-order valence-electron chi connectivity index (χ4n) is 1.54. The first kappa shape index (κ1) is 14.4. The van der Waals surface area contributed by atoms with Gasteiger partial charge in [0.25, 0.3) is 0 Å². The van der Waals surface area contributed by atoms with Crippen LogP contribution in [0.2, 0.25) is 0 Å². The second-order valence-electron chi connectivity index (χ2n) is 4.16. The molecule has 0 aliphatic carbocycles. The van der Waals surface area contributed by atoms with E-state index in [-0.39, 0.29) is 17.5 Å². The van der Waals surface area contributed by atoms with Crippen LogP contribution in [0.25, 0.3) is 0 Å². The summed E-state index contributed by atoms with van der Waals surface area (Å²) >= 11 is 0. The predicted octanol–water partition coefficient (Wildman–Crippen LogP) is 2.06. The molecule has 0 aliphatic rings. The zero-order valence-electron chi connectivity index (χ0n) is 10.5. The maximum atomic E-state index is 13.3. The number of hydrazine groups is 1. The van der Waals surface area contributed by atoms with Gasteiger partial charge in [0, 0.05) is 6.42 Å². The summed E-state index contributed by atoms with van der Waals surface area (Å²) < 4.78 is 18.7. The second-order valence-corrected chi connectivity index (χ2v) is 4.16. The minimum atomic E-state index is -0.344. The number of rotatable bonds is 7. The maximum Gasteiger partial charge on any atom is 0.233 e. The Morgan fingerprint density at radius 3 is 2.89 bits per heavy atom. The molecular weight excluding hydrogens is 235 g/mol. The van der Waals surface area contributed by atoms with Gasteiger partial charge in [0.1, 0.15) is 0 Å². The van der Waals surface area contributed by atoms with Crippen molar-refractivity contribution in [1.82, 2.24) is 5.43 Å². The number of carbonyl (C=O) groups excluding carboxylic acids is 1. The summed E-state index contributed by atoms with van der Waals surface area (Å²) in [5.41, 5.74) is 3.04. The summed E-state index contributed by atoms with van der Waals surface area (Å²) in [5.74, 6) is 4.73. The third-order valence-electron chi connectivity index (χ3n) is 2.55. The van der Waals surface area contributed by atoms with Crippen LogP contribution in [-0.4, -0.2) is 12.5 Å². The SMILES string of the molecule is Cc1ccc(F)c(OCCCCCC(=O)NN)c1. The van der Waals surface area contributed by atoms with Gasteiger partial charge in [-0.1, -0.05) is 6.07 Å². The Morgan fingerprint density at radius 2 is 2.17 bits per heavy atom. The lowest BCUT2D eigenvalue weighted by molar-refractivity contribution is -0.121. The van der Waals surface area contributed by atoms with Crippen LogP contribution in [-0.2, 0) is 4.79 Å². The molecule has 18 heavy (non-hydrogen) atoms. The van der Waals surface area contributed by atoms with Crippen molar-refractivity contribution in [1.29, 1.82) is 0 Å². The monoisotopic (exact) mass is 254 g/mol. The molecule has 0 unspecified atom stereocenters. The number of nitrogens with one attached hydrogen (secondary N) is 1. The Bertz CT molecular complexity index is 397. The number of carbonyl (C=O) groups is 1. The average Bonchev–Trinajstić information content (AvgIpc) is 2.37. The largest absolute Gasteiger partial charge is 0.491 e. The van der Waals surface area contributed by atoms with Gasteiger partial charge in [0.2, 0.25) is 5.91 Å². The van der Waals surface area contributed by atoms with Crippen LogP contribution in [0.15, 0.2) is 18.2 Å². The van der Waals surface area contributed by atoms with Crippen molar-refractivity contribution in [2.75, 3.05) is 6.61 Å². The quantitative estimate of drug-likeness (QED) is 0.339. The van der Waals surface area contributed by atoms with Gasteiger partial charge in [-0.25, -0.2) is 10.2 Å². The highest BCUT2D eigenvalue weighted by Crippen LogP contribution is 2.18. The zero-order valence-corrected chi connectivity index (χ0v) is 10.5. The summed E-state index contributed by atoms with van der Waals surface area (Å²) in [6.45, 7) is 2.34.